The third-order valence-electron chi connectivity index (χ3n) is 3.78. The quantitative estimate of drug-likeness (QED) is 0.215. The van der Waals surface area contributed by atoms with Crippen LogP contribution in [0.4, 0.5) is 22.0 Å². The van der Waals surface area contributed by atoms with Crippen molar-refractivity contribution in [3.05, 3.63) is 76.9 Å². The van der Waals surface area contributed by atoms with Gasteiger partial charge in [-0.25, -0.2) is 18.0 Å². The smallest absolute Gasteiger partial charge is 0.343 e. The minimum absolute atomic E-state index is 0.218. The molecule has 0 radical (unpaired) electrons. The zero-order chi connectivity index (χ0) is 20.4. The third kappa shape index (κ3) is 3.53. The number of hydrogen-bond acceptors (Lipinski definition) is 4. The van der Waals surface area contributed by atoms with Crippen molar-refractivity contribution in [3.8, 4) is 11.5 Å². The molecule has 1 heterocycles. The van der Waals surface area contributed by atoms with Gasteiger partial charge in [-0.05, 0) is 18.2 Å². The Morgan fingerprint density at radius 2 is 1.68 bits per heavy atom. The Bertz CT molecular complexity index is 1010. The standard InChI is InChI=1S/C18H11F5N2O3/c1-27-11-7-9(3-4-10(11)8-25-6-2-5-24-25)18(26)28-17-15(22)13(20)12(19)14(21)16(17)23/h2-7H,8H2,1H3. The predicted molar refractivity (Wildman–Crippen MR) is 85.5 cm³/mol. The predicted octanol–water partition coefficient (Wildman–Crippen LogP) is 3.85. The minimum atomic E-state index is -2.35. The number of esters is 1. The number of carbonyl (C=O) groups excluding carboxylic acids is 1. The topological polar surface area (TPSA) is 53.4 Å². The van der Waals surface area contributed by atoms with Crippen LogP contribution in [0.3, 0.4) is 0 Å². The molecular weight excluding hydrogens is 387 g/mol. The first-order chi connectivity index (χ1) is 13.3. The molecular formula is C18H11F5N2O3. The Kier molecular flexibility index (Phi) is 5.30. The molecule has 0 N–H and O–H groups in total. The molecule has 0 amide bonds. The second-order valence-corrected chi connectivity index (χ2v) is 5.52. The van der Waals surface area contributed by atoms with Crippen LogP contribution in [0.15, 0.2) is 36.7 Å². The van der Waals surface area contributed by atoms with Gasteiger partial charge in [-0.2, -0.15) is 13.9 Å². The number of methoxy groups -OCH3 is 1. The lowest BCUT2D eigenvalue weighted by molar-refractivity contribution is 0.0715. The highest BCUT2D eigenvalue weighted by molar-refractivity contribution is 5.91. The average molecular weight is 398 g/mol. The molecule has 0 atom stereocenters. The molecule has 0 bridgehead atoms. The van der Waals surface area contributed by atoms with E-state index in [1.165, 1.54) is 25.3 Å². The van der Waals surface area contributed by atoms with Crippen LogP contribution in [0.2, 0.25) is 0 Å². The number of nitrogens with zero attached hydrogens (tertiary/aromatic N) is 2. The van der Waals surface area contributed by atoms with E-state index in [4.69, 9.17) is 4.74 Å². The summed E-state index contributed by atoms with van der Waals surface area (Å²) in [6.45, 7) is 0.309. The van der Waals surface area contributed by atoms with Crippen molar-refractivity contribution in [2.24, 2.45) is 0 Å². The lowest BCUT2D eigenvalue weighted by atomic mass is 10.1. The number of ether oxygens (including phenoxy) is 2. The van der Waals surface area contributed by atoms with E-state index in [-0.39, 0.29) is 11.3 Å². The molecule has 2 aromatic carbocycles. The molecule has 0 saturated heterocycles. The average Bonchev–Trinajstić information content (AvgIpc) is 3.21. The van der Waals surface area contributed by atoms with E-state index in [1.807, 2.05) is 0 Å². The Balaban J connectivity index is 1.90. The van der Waals surface area contributed by atoms with Crippen LogP contribution in [0.1, 0.15) is 15.9 Å². The number of carbonyl (C=O) groups is 1. The zero-order valence-corrected chi connectivity index (χ0v) is 14.2. The van der Waals surface area contributed by atoms with Crippen molar-refractivity contribution in [1.82, 2.24) is 9.78 Å². The third-order valence-corrected chi connectivity index (χ3v) is 3.78. The first-order valence-corrected chi connectivity index (χ1v) is 7.71. The lowest BCUT2D eigenvalue weighted by Crippen LogP contribution is -2.14. The van der Waals surface area contributed by atoms with Crippen molar-refractivity contribution in [3.63, 3.8) is 0 Å². The Morgan fingerprint density at radius 1 is 1.04 bits per heavy atom. The number of hydrogen-bond donors (Lipinski definition) is 0. The van der Waals surface area contributed by atoms with E-state index >= 15 is 0 Å². The second kappa shape index (κ2) is 7.67. The highest BCUT2D eigenvalue weighted by Crippen LogP contribution is 2.30. The summed E-state index contributed by atoms with van der Waals surface area (Å²) in [4.78, 5) is 12.2. The number of rotatable bonds is 5. The van der Waals surface area contributed by atoms with Gasteiger partial charge in [0.05, 0.1) is 19.2 Å². The largest absolute Gasteiger partial charge is 0.496 e. The summed E-state index contributed by atoms with van der Waals surface area (Å²) in [5, 5.41) is 4.03. The summed E-state index contributed by atoms with van der Waals surface area (Å²) < 4.78 is 78.0. The summed E-state index contributed by atoms with van der Waals surface area (Å²) in [7, 11) is 1.33. The van der Waals surface area contributed by atoms with Crippen molar-refractivity contribution in [1.29, 1.82) is 0 Å². The van der Waals surface area contributed by atoms with Crippen LogP contribution in [-0.2, 0) is 6.54 Å². The maximum absolute atomic E-state index is 13.7. The molecule has 0 fully saturated rings. The molecule has 0 unspecified atom stereocenters. The number of benzene rings is 2. The van der Waals surface area contributed by atoms with Crippen LogP contribution in [0.5, 0.6) is 11.5 Å². The van der Waals surface area contributed by atoms with Crippen molar-refractivity contribution < 1.29 is 36.2 Å². The first-order valence-electron chi connectivity index (χ1n) is 7.71. The fourth-order valence-electron chi connectivity index (χ4n) is 2.40. The van der Waals surface area contributed by atoms with E-state index in [1.54, 1.807) is 23.1 Å². The maximum atomic E-state index is 13.7. The summed E-state index contributed by atoms with van der Waals surface area (Å²) in [6, 6.07) is 5.67. The summed E-state index contributed by atoms with van der Waals surface area (Å²) in [6.07, 6.45) is 3.27. The van der Waals surface area contributed by atoms with Crippen LogP contribution >= 0.6 is 0 Å². The summed E-state index contributed by atoms with van der Waals surface area (Å²) >= 11 is 0. The fraction of sp³-hybridized carbons (Fsp3) is 0.111. The number of aromatic nitrogens is 2. The zero-order valence-electron chi connectivity index (χ0n) is 14.2. The summed E-state index contributed by atoms with van der Waals surface area (Å²) in [5.74, 6) is -14.0. The molecule has 28 heavy (non-hydrogen) atoms. The first kappa shape index (κ1) is 19.3. The van der Waals surface area contributed by atoms with E-state index in [9.17, 15) is 26.7 Å². The molecule has 3 aromatic rings. The monoisotopic (exact) mass is 398 g/mol. The highest BCUT2D eigenvalue weighted by Gasteiger charge is 2.29. The highest BCUT2D eigenvalue weighted by atomic mass is 19.2. The molecule has 0 spiro atoms. The Labute approximate surface area is 154 Å². The Morgan fingerprint density at radius 3 is 2.25 bits per heavy atom. The van der Waals surface area contributed by atoms with Gasteiger partial charge in [0.25, 0.3) is 0 Å². The lowest BCUT2D eigenvalue weighted by Gasteiger charge is -2.12. The van der Waals surface area contributed by atoms with E-state index in [0.29, 0.717) is 12.1 Å². The van der Waals surface area contributed by atoms with E-state index < -0.39 is 40.8 Å². The van der Waals surface area contributed by atoms with Crippen molar-refractivity contribution in [2.75, 3.05) is 7.11 Å². The summed E-state index contributed by atoms with van der Waals surface area (Å²) in [5.41, 5.74) is 0.406. The molecule has 10 heteroatoms. The maximum Gasteiger partial charge on any atom is 0.343 e. The molecule has 5 nitrogen and oxygen atoms in total. The van der Waals surface area contributed by atoms with Crippen molar-refractivity contribution >= 4 is 5.97 Å². The van der Waals surface area contributed by atoms with Gasteiger partial charge in [0.15, 0.2) is 0 Å². The van der Waals surface area contributed by atoms with Gasteiger partial charge in [-0.3, -0.25) is 4.68 Å². The number of halogens is 5. The SMILES string of the molecule is COc1cc(C(=O)Oc2c(F)c(F)c(F)c(F)c2F)ccc1Cn1cccn1. The fourth-order valence-corrected chi connectivity index (χ4v) is 2.40. The van der Waals surface area contributed by atoms with Crippen molar-refractivity contribution in [2.45, 2.75) is 6.54 Å². The molecule has 0 aliphatic rings. The van der Waals surface area contributed by atoms with Crippen LogP contribution < -0.4 is 9.47 Å². The van der Waals surface area contributed by atoms with Gasteiger partial charge in [-0.1, -0.05) is 6.07 Å². The van der Waals surface area contributed by atoms with Gasteiger partial charge in [0.1, 0.15) is 5.75 Å². The van der Waals surface area contributed by atoms with Crippen LogP contribution in [0.25, 0.3) is 0 Å². The van der Waals surface area contributed by atoms with Gasteiger partial charge in [0.2, 0.25) is 34.8 Å². The van der Waals surface area contributed by atoms with E-state index in [0.717, 1.165) is 0 Å². The Hall–Kier alpha value is -3.43. The van der Waals surface area contributed by atoms with E-state index in [2.05, 4.69) is 9.84 Å². The molecule has 1 aromatic heterocycles. The van der Waals surface area contributed by atoms with Gasteiger partial charge >= 0.3 is 5.97 Å². The molecule has 0 aliphatic carbocycles. The molecule has 3 rings (SSSR count). The molecule has 146 valence electrons. The van der Waals surface area contributed by atoms with Crippen LogP contribution in [0, 0.1) is 29.1 Å². The van der Waals surface area contributed by atoms with Gasteiger partial charge in [-0.15, -0.1) is 0 Å². The van der Waals surface area contributed by atoms with Gasteiger partial charge in [0, 0.05) is 18.0 Å². The molecule has 0 saturated carbocycles. The normalized spacial score (nSPS) is 10.8. The van der Waals surface area contributed by atoms with Crippen LogP contribution in [-0.4, -0.2) is 22.9 Å². The molecule has 0 aliphatic heterocycles. The second-order valence-electron chi connectivity index (χ2n) is 5.52. The minimum Gasteiger partial charge on any atom is -0.496 e. The van der Waals surface area contributed by atoms with Gasteiger partial charge < -0.3 is 9.47 Å².